The minimum absolute atomic E-state index is 0.141. The molecular formula is C30H33N5O5S3. The quantitative estimate of drug-likeness (QED) is 0.145. The Kier molecular flexibility index (Phi) is 10.2. The van der Waals surface area contributed by atoms with Crippen molar-refractivity contribution in [3.05, 3.63) is 68.5 Å². The molecule has 0 saturated heterocycles. The molecule has 0 fully saturated rings. The molecule has 10 nitrogen and oxygen atoms in total. The molecule has 0 unspecified atom stereocenters. The fourth-order valence-electron chi connectivity index (χ4n) is 4.76. The average molecular weight is 640 g/mol. The number of benzene rings is 1. The van der Waals surface area contributed by atoms with E-state index in [9.17, 15) is 14.4 Å². The monoisotopic (exact) mass is 639 g/mol. The number of nitrogens with zero attached hydrogens (tertiary/aromatic N) is 3. The summed E-state index contributed by atoms with van der Waals surface area (Å²) in [5.74, 6) is 0.378. The Morgan fingerprint density at radius 3 is 2.58 bits per heavy atom. The number of thiophene rings is 2. The Morgan fingerprint density at radius 1 is 1.07 bits per heavy atom. The number of rotatable bonds is 12. The summed E-state index contributed by atoms with van der Waals surface area (Å²) >= 11 is 4.06. The predicted octanol–water partition coefficient (Wildman–Crippen LogP) is 5.89. The second-order valence-electron chi connectivity index (χ2n) is 9.71. The van der Waals surface area contributed by atoms with Gasteiger partial charge in [-0.2, -0.15) is 0 Å². The van der Waals surface area contributed by atoms with Crippen molar-refractivity contribution in [3.63, 3.8) is 0 Å². The molecule has 1 aliphatic carbocycles. The van der Waals surface area contributed by atoms with Gasteiger partial charge in [0.1, 0.15) is 10.8 Å². The SMILES string of the molecule is CCOC(=O)c1c(NC(=O)[C@@H](C)Sc2nnc(CNC(=O)c3cccs3)n2-c2ccc(OCC)cc2)sc2c1CCCC2. The van der Waals surface area contributed by atoms with Crippen LogP contribution in [0.4, 0.5) is 5.00 Å². The molecule has 2 N–H and O–H groups in total. The van der Waals surface area contributed by atoms with Gasteiger partial charge in [-0.1, -0.05) is 17.8 Å². The zero-order valence-electron chi connectivity index (χ0n) is 24.2. The molecule has 43 heavy (non-hydrogen) atoms. The molecule has 1 aromatic carbocycles. The van der Waals surface area contributed by atoms with E-state index in [2.05, 4.69) is 20.8 Å². The Hall–Kier alpha value is -3.68. The number of aryl methyl sites for hydroxylation is 1. The highest BCUT2D eigenvalue weighted by molar-refractivity contribution is 8.00. The van der Waals surface area contributed by atoms with Crippen LogP contribution in [0.25, 0.3) is 5.69 Å². The number of carbonyl (C=O) groups is 3. The second kappa shape index (κ2) is 14.2. The highest BCUT2D eigenvalue weighted by Gasteiger charge is 2.29. The molecule has 3 aromatic heterocycles. The number of hydrogen-bond acceptors (Lipinski definition) is 10. The average Bonchev–Trinajstić information content (AvgIpc) is 3.76. The zero-order valence-corrected chi connectivity index (χ0v) is 26.6. The lowest BCUT2D eigenvalue weighted by atomic mass is 9.95. The summed E-state index contributed by atoms with van der Waals surface area (Å²) in [6.07, 6.45) is 3.76. The number of thioether (sulfide) groups is 1. The van der Waals surface area contributed by atoms with Crippen LogP contribution >= 0.6 is 34.4 Å². The number of carbonyl (C=O) groups excluding carboxylic acids is 3. The Morgan fingerprint density at radius 2 is 1.86 bits per heavy atom. The molecule has 5 rings (SSSR count). The normalized spacial score (nSPS) is 13.2. The van der Waals surface area contributed by atoms with Gasteiger partial charge in [-0.3, -0.25) is 14.2 Å². The van der Waals surface area contributed by atoms with Crippen molar-refractivity contribution in [2.24, 2.45) is 0 Å². The Labute approximate surface area is 262 Å². The first kappa shape index (κ1) is 30.8. The van der Waals surface area contributed by atoms with Gasteiger partial charge >= 0.3 is 5.97 Å². The number of nitrogens with one attached hydrogen (secondary N) is 2. The number of fused-ring (bicyclic) bond motifs is 1. The summed E-state index contributed by atoms with van der Waals surface area (Å²) < 4.78 is 12.8. The van der Waals surface area contributed by atoms with E-state index in [1.165, 1.54) is 34.4 Å². The van der Waals surface area contributed by atoms with Gasteiger partial charge in [-0.05, 0) is 87.7 Å². The smallest absolute Gasteiger partial charge is 0.341 e. The van der Waals surface area contributed by atoms with Crippen LogP contribution in [0.3, 0.4) is 0 Å². The summed E-state index contributed by atoms with van der Waals surface area (Å²) in [6, 6.07) is 11.1. The number of anilines is 1. The lowest BCUT2D eigenvalue weighted by Crippen LogP contribution is -2.25. The lowest BCUT2D eigenvalue weighted by Gasteiger charge is -2.15. The van der Waals surface area contributed by atoms with Crippen molar-refractivity contribution in [2.45, 2.75) is 63.4 Å². The number of esters is 1. The molecule has 0 bridgehead atoms. The molecule has 2 amide bonds. The molecule has 0 radical (unpaired) electrons. The second-order valence-corrected chi connectivity index (χ2v) is 13.1. The van der Waals surface area contributed by atoms with Crippen LogP contribution in [0.5, 0.6) is 5.75 Å². The summed E-state index contributed by atoms with van der Waals surface area (Å²) in [6.45, 7) is 6.43. The summed E-state index contributed by atoms with van der Waals surface area (Å²) in [5, 5.41) is 17.0. The summed E-state index contributed by atoms with van der Waals surface area (Å²) in [4.78, 5) is 40.7. The van der Waals surface area contributed by atoms with Crippen molar-refractivity contribution in [1.82, 2.24) is 20.1 Å². The molecule has 226 valence electrons. The van der Waals surface area contributed by atoms with E-state index in [0.717, 1.165) is 47.6 Å². The third-order valence-electron chi connectivity index (χ3n) is 6.80. The Bertz CT molecular complexity index is 1580. The van der Waals surface area contributed by atoms with Crippen molar-refractivity contribution in [2.75, 3.05) is 18.5 Å². The number of aromatic nitrogens is 3. The van der Waals surface area contributed by atoms with Gasteiger partial charge in [-0.25, -0.2) is 4.79 Å². The van der Waals surface area contributed by atoms with Crippen LogP contribution in [0.1, 0.15) is 69.9 Å². The third-order valence-corrected chi connectivity index (χ3v) is 9.92. The van der Waals surface area contributed by atoms with E-state index in [1.54, 1.807) is 19.9 Å². The largest absolute Gasteiger partial charge is 0.494 e. The van der Waals surface area contributed by atoms with Gasteiger partial charge in [0.05, 0.1) is 35.4 Å². The molecule has 13 heteroatoms. The maximum absolute atomic E-state index is 13.5. The first-order valence-corrected chi connectivity index (χ1v) is 16.8. The van der Waals surface area contributed by atoms with Gasteiger partial charge in [0.2, 0.25) is 5.91 Å². The predicted molar refractivity (Wildman–Crippen MR) is 169 cm³/mol. The van der Waals surface area contributed by atoms with Gasteiger partial charge < -0.3 is 20.1 Å². The first-order chi connectivity index (χ1) is 20.9. The summed E-state index contributed by atoms with van der Waals surface area (Å²) in [7, 11) is 0. The number of hydrogen-bond donors (Lipinski definition) is 2. The van der Waals surface area contributed by atoms with Crippen LogP contribution < -0.4 is 15.4 Å². The van der Waals surface area contributed by atoms with E-state index in [0.29, 0.717) is 33.0 Å². The van der Waals surface area contributed by atoms with Gasteiger partial charge in [0.25, 0.3) is 5.91 Å². The van der Waals surface area contributed by atoms with Crippen LogP contribution in [0, 0.1) is 0 Å². The highest BCUT2D eigenvalue weighted by atomic mass is 32.2. The fourth-order valence-corrected chi connectivity index (χ4v) is 7.57. The van der Waals surface area contributed by atoms with E-state index >= 15 is 0 Å². The molecule has 0 saturated carbocycles. The minimum atomic E-state index is -0.576. The van der Waals surface area contributed by atoms with E-state index in [-0.39, 0.29) is 25.0 Å². The molecule has 1 atom stereocenters. The van der Waals surface area contributed by atoms with Gasteiger partial charge in [-0.15, -0.1) is 32.9 Å². The Balaban J connectivity index is 1.37. The van der Waals surface area contributed by atoms with Crippen LogP contribution in [-0.4, -0.2) is 51.0 Å². The van der Waals surface area contributed by atoms with Gasteiger partial charge in [0.15, 0.2) is 11.0 Å². The molecule has 0 aliphatic heterocycles. The maximum atomic E-state index is 13.5. The van der Waals surface area contributed by atoms with Crippen LogP contribution in [0.2, 0.25) is 0 Å². The highest BCUT2D eigenvalue weighted by Crippen LogP contribution is 2.39. The van der Waals surface area contributed by atoms with Crippen molar-refractivity contribution < 1.29 is 23.9 Å². The number of amides is 2. The van der Waals surface area contributed by atoms with E-state index < -0.39 is 11.2 Å². The first-order valence-electron chi connectivity index (χ1n) is 14.2. The third kappa shape index (κ3) is 7.11. The van der Waals surface area contributed by atoms with Crippen molar-refractivity contribution in [3.8, 4) is 11.4 Å². The number of ether oxygens (including phenoxy) is 2. The lowest BCUT2D eigenvalue weighted by molar-refractivity contribution is -0.115. The zero-order chi connectivity index (χ0) is 30.3. The van der Waals surface area contributed by atoms with Crippen molar-refractivity contribution in [1.29, 1.82) is 0 Å². The summed E-state index contributed by atoms with van der Waals surface area (Å²) in [5.41, 5.74) is 2.24. The molecule has 0 spiro atoms. The van der Waals surface area contributed by atoms with Crippen molar-refractivity contribution >= 4 is 57.2 Å². The molecular weight excluding hydrogens is 607 g/mol. The molecule has 1 aliphatic rings. The van der Waals surface area contributed by atoms with Gasteiger partial charge in [0, 0.05) is 10.6 Å². The van der Waals surface area contributed by atoms with Crippen LogP contribution in [0.15, 0.2) is 46.9 Å². The standard InChI is InChI=1S/C30H33N5O5S3/c1-4-39-20-14-12-19(13-15-20)35-24(17-31-27(37)23-11-8-16-41-23)33-34-30(35)42-18(3)26(36)32-28-25(29(38)40-5-2)21-9-6-7-10-22(21)43-28/h8,11-16,18H,4-7,9-10,17H2,1-3H3,(H,31,37)(H,32,36)/t18-/m1/s1. The van der Waals surface area contributed by atoms with E-state index in [4.69, 9.17) is 9.47 Å². The fraction of sp³-hybridized carbons (Fsp3) is 0.367. The topological polar surface area (TPSA) is 124 Å². The minimum Gasteiger partial charge on any atom is -0.494 e. The maximum Gasteiger partial charge on any atom is 0.341 e. The van der Waals surface area contributed by atoms with Crippen LogP contribution in [-0.2, 0) is 28.9 Å². The molecule has 4 aromatic rings. The molecule has 3 heterocycles. The van der Waals surface area contributed by atoms with E-state index in [1.807, 2.05) is 47.2 Å².